The lowest BCUT2D eigenvalue weighted by Gasteiger charge is -2.38. The van der Waals surface area contributed by atoms with E-state index in [2.05, 4.69) is 0 Å². The highest BCUT2D eigenvalue weighted by Gasteiger charge is 2.44. The predicted molar refractivity (Wildman–Crippen MR) is 136 cm³/mol. The van der Waals surface area contributed by atoms with Gasteiger partial charge in [0.1, 0.15) is 46.5 Å². The SMILES string of the molecule is C[C@@H]1O[C@@H](Oc2c(-c3ccc(O)c(Oc4ccc(O)cc4O)c3)oc3cc(O)cc(O)c3c2=O)[C@@H](O)[C@H](O)[C@@H]1O. The Hall–Kier alpha value is -4.69. The number of aliphatic hydroxyl groups excluding tert-OH is 3. The summed E-state index contributed by atoms with van der Waals surface area (Å²) in [7, 11) is 0. The number of aliphatic hydroxyl groups is 3. The normalized spacial score (nSPS) is 22.8. The van der Waals surface area contributed by atoms with E-state index in [0.29, 0.717) is 0 Å². The van der Waals surface area contributed by atoms with Crippen LogP contribution in [0.25, 0.3) is 22.3 Å². The van der Waals surface area contributed by atoms with Crippen molar-refractivity contribution >= 4 is 11.0 Å². The minimum Gasteiger partial charge on any atom is -0.508 e. The Kier molecular flexibility index (Phi) is 6.81. The van der Waals surface area contributed by atoms with Crippen LogP contribution in [0.4, 0.5) is 0 Å². The van der Waals surface area contributed by atoms with Crippen LogP contribution in [0.3, 0.4) is 0 Å². The molecule has 1 aliphatic rings. The molecule has 13 nitrogen and oxygen atoms in total. The van der Waals surface area contributed by atoms with E-state index in [1.54, 1.807) is 0 Å². The van der Waals surface area contributed by atoms with E-state index < -0.39 is 59.1 Å². The maximum atomic E-state index is 13.6. The van der Waals surface area contributed by atoms with Crippen molar-refractivity contribution in [1.29, 1.82) is 0 Å². The number of aromatic hydroxyl groups is 5. The van der Waals surface area contributed by atoms with Gasteiger partial charge in [-0.25, -0.2) is 0 Å². The van der Waals surface area contributed by atoms with Crippen molar-refractivity contribution in [3.05, 3.63) is 58.8 Å². The van der Waals surface area contributed by atoms with Crippen molar-refractivity contribution in [3.8, 4) is 57.3 Å². The molecule has 1 aromatic heterocycles. The standard InChI is InChI=1S/C27H24O13/c1-10-21(33)23(35)24(36)27(37-10)40-26-22(34)20-16(32)8-13(29)9-19(20)39-25(26)11-2-4-14(30)18(6-11)38-17-5-3-12(28)7-15(17)31/h2-10,21,23-24,27-33,35-36H,1H3/t10-,21+,23+,24-,27-/m0/s1. The summed E-state index contributed by atoms with van der Waals surface area (Å²) in [6.45, 7) is 1.41. The number of fused-ring (bicyclic) bond motifs is 1. The summed E-state index contributed by atoms with van der Waals surface area (Å²) in [6, 6.07) is 9.21. The van der Waals surface area contributed by atoms with Crippen molar-refractivity contribution < 1.29 is 59.5 Å². The van der Waals surface area contributed by atoms with Crippen LogP contribution in [0.15, 0.2) is 57.7 Å². The minimum atomic E-state index is -1.79. The van der Waals surface area contributed by atoms with Crippen LogP contribution in [-0.4, -0.2) is 71.6 Å². The second-order valence-electron chi connectivity index (χ2n) is 9.16. The molecule has 3 aromatic carbocycles. The number of phenols is 5. The quantitative estimate of drug-likeness (QED) is 0.176. The molecule has 0 saturated carbocycles. The second-order valence-corrected chi connectivity index (χ2v) is 9.16. The third kappa shape index (κ3) is 4.78. The van der Waals surface area contributed by atoms with E-state index in [-0.39, 0.29) is 45.3 Å². The summed E-state index contributed by atoms with van der Waals surface area (Å²) in [5.41, 5.74) is -1.13. The fourth-order valence-electron chi connectivity index (χ4n) is 4.24. The Morgan fingerprint density at radius 2 is 1.48 bits per heavy atom. The zero-order chi connectivity index (χ0) is 28.9. The summed E-state index contributed by atoms with van der Waals surface area (Å²) in [6.07, 6.45) is -7.58. The first kappa shape index (κ1) is 26.9. The Morgan fingerprint density at radius 3 is 2.20 bits per heavy atom. The molecule has 0 unspecified atom stereocenters. The van der Waals surface area contributed by atoms with Gasteiger partial charge in [0.25, 0.3) is 0 Å². The number of phenolic OH excluding ortho intramolecular Hbond substituents is 5. The van der Waals surface area contributed by atoms with E-state index in [0.717, 1.165) is 18.2 Å². The average Bonchev–Trinajstić information content (AvgIpc) is 2.89. The summed E-state index contributed by atoms with van der Waals surface area (Å²) < 4.78 is 22.6. The first-order valence-corrected chi connectivity index (χ1v) is 11.9. The van der Waals surface area contributed by atoms with E-state index in [1.807, 2.05) is 0 Å². The van der Waals surface area contributed by atoms with E-state index in [9.17, 15) is 45.6 Å². The average molecular weight is 556 g/mol. The van der Waals surface area contributed by atoms with Crippen LogP contribution in [0, 0.1) is 0 Å². The van der Waals surface area contributed by atoms with Gasteiger partial charge in [-0.15, -0.1) is 0 Å². The first-order valence-electron chi connectivity index (χ1n) is 11.9. The molecule has 1 aliphatic heterocycles. The Balaban J connectivity index is 1.66. The van der Waals surface area contributed by atoms with Crippen LogP contribution < -0.4 is 14.9 Å². The molecule has 13 heteroatoms. The Bertz CT molecular complexity index is 1650. The van der Waals surface area contributed by atoms with Gasteiger partial charge in [0.15, 0.2) is 28.8 Å². The molecular formula is C27H24O13. The van der Waals surface area contributed by atoms with Crippen LogP contribution >= 0.6 is 0 Å². The number of ether oxygens (including phenoxy) is 3. The van der Waals surface area contributed by atoms with Gasteiger partial charge in [-0.2, -0.15) is 0 Å². The molecule has 5 rings (SSSR count). The van der Waals surface area contributed by atoms with Crippen LogP contribution in [0.2, 0.25) is 0 Å². The van der Waals surface area contributed by atoms with Crippen molar-refractivity contribution in [1.82, 2.24) is 0 Å². The summed E-state index contributed by atoms with van der Waals surface area (Å²) in [5, 5.41) is 80.6. The van der Waals surface area contributed by atoms with Gasteiger partial charge in [0, 0.05) is 23.8 Å². The van der Waals surface area contributed by atoms with Crippen molar-refractivity contribution in [2.24, 2.45) is 0 Å². The lowest BCUT2D eigenvalue weighted by molar-refractivity contribution is -0.268. The van der Waals surface area contributed by atoms with Gasteiger partial charge < -0.3 is 59.5 Å². The van der Waals surface area contributed by atoms with Crippen molar-refractivity contribution in [2.45, 2.75) is 37.6 Å². The lowest BCUT2D eigenvalue weighted by atomic mass is 10.00. The van der Waals surface area contributed by atoms with Crippen molar-refractivity contribution in [3.63, 3.8) is 0 Å². The van der Waals surface area contributed by atoms with Crippen molar-refractivity contribution in [2.75, 3.05) is 0 Å². The highest BCUT2D eigenvalue weighted by molar-refractivity contribution is 5.88. The highest BCUT2D eigenvalue weighted by Crippen LogP contribution is 2.42. The number of hydrogen-bond acceptors (Lipinski definition) is 13. The van der Waals surface area contributed by atoms with Gasteiger partial charge in [-0.05, 0) is 37.3 Å². The van der Waals surface area contributed by atoms with E-state index >= 15 is 0 Å². The van der Waals surface area contributed by atoms with Gasteiger partial charge in [-0.3, -0.25) is 4.79 Å². The smallest absolute Gasteiger partial charge is 0.239 e. The topological polar surface area (TPSA) is 220 Å². The Morgan fingerprint density at radius 1 is 0.750 bits per heavy atom. The largest absolute Gasteiger partial charge is 0.508 e. The van der Waals surface area contributed by atoms with Gasteiger partial charge in [0.2, 0.25) is 17.5 Å². The van der Waals surface area contributed by atoms with Gasteiger partial charge in [0.05, 0.1) is 6.10 Å². The molecule has 210 valence electrons. The Labute approximate surface area is 224 Å². The van der Waals surface area contributed by atoms with Gasteiger partial charge >= 0.3 is 0 Å². The molecule has 0 bridgehead atoms. The number of hydrogen-bond donors (Lipinski definition) is 8. The summed E-state index contributed by atoms with van der Waals surface area (Å²) in [5.74, 6) is -3.33. The number of rotatable bonds is 5. The molecule has 0 spiro atoms. The van der Waals surface area contributed by atoms with E-state index in [1.165, 1.54) is 37.3 Å². The lowest BCUT2D eigenvalue weighted by Crippen LogP contribution is -2.58. The maximum Gasteiger partial charge on any atom is 0.239 e. The van der Waals surface area contributed by atoms with Crippen LogP contribution in [0.5, 0.6) is 46.0 Å². The maximum absolute atomic E-state index is 13.6. The fourth-order valence-corrected chi connectivity index (χ4v) is 4.24. The van der Waals surface area contributed by atoms with Crippen LogP contribution in [0.1, 0.15) is 6.92 Å². The molecule has 5 atom stereocenters. The fraction of sp³-hybridized carbons (Fsp3) is 0.222. The molecule has 2 heterocycles. The molecule has 8 N–H and O–H groups in total. The molecular weight excluding hydrogens is 532 g/mol. The molecule has 1 fully saturated rings. The zero-order valence-electron chi connectivity index (χ0n) is 20.6. The molecule has 0 radical (unpaired) electrons. The predicted octanol–water partition coefficient (Wildman–Crippen LogP) is 1.99. The van der Waals surface area contributed by atoms with Crippen LogP contribution in [-0.2, 0) is 4.74 Å². The zero-order valence-corrected chi connectivity index (χ0v) is 20.6. The first-order chi connectivity index (χ1) is 18.9. The summed E-state index contributed by atoms with van der Waals surface area (Å²) in [4.78, 5) is 13.6. The van der Waals surface area contributed by atoms with E-state index in [4.69, 9.17) is 18.6 Å². The third-order valence-corrected chi connectivity index (χ3v) is 6.34. The molecule has 4 aromatic rings. The molecule has 1 saturated heterocycles. The van der Waals surface area contributed by atoms with Gasteiger partial charge in [-0.1, -0.05) is 0 Å². The minimum absolute atomic E-state index is 0.0573. The molecule has 0 amide bonds. The third-order valence-electron chi connectivity index (χ3n) is 6.34. The highest BCUT2D eigenvalue weighted by atomic mass is 16.7. The monoisotopic (exact) mass is 556 g/mol. The number of benzene rings is 3. The second kappa shape index (κ2) is 10.1. The molecule has 0 aliphatic carbocycles. The molecule has 40 heavy (non-hydrogen) atoms. The summed E-state index contributed by atoms with van der Waals surface area (Å²) >= 11 is 0.